The first-order chi connectivity index (χ1) is 20.2. The molecule has 3 N–H and O–H groups in total. The van der Waals surface area contributed by atoms with Crippen molar-refractivity contribution in [2.75, 3.05) is 6.54 Å². The largest absolute Gasteiger partial charge is 0.573 e. The van der Waals surface area contributed by atoms with E-state index in [9.17, 15) is 27.6 Å². The molecule has 0 aliphatic rings. The number of carboxylic acid groups (broad SMARTS) is 1. The smallest absolute Gasteiger partial charge is 0.481 e. The molecule has 3 rings (SSSR count). The number of rotatable bonds is 12. The fourth-order valence-electron chi connectivity index (χ4n) is 4.74. The van der Waals surface area contributed by atoms with Crippen LogP contribution < -0.4 is 15.4 Å². The third-order valence-electron chi connectivity index (χ3n) is 7.00. The van der Waals surface area contributed by atoms with E-state index in [0.717, 1.165) is 17.5 Å². The standard InChI is InChI=1S/C33H37F3N2O5/c1-5-6-27(21-7-9-23(10-8-21)30(41)37-20-19-28(39)40)29(22-13-17-26(18-14-22)43-33(34,35)36)38-31(42)24-11-15-25(16-12-24)32(2,3)4/h7-18,27,29H,5-6,19-20H2,1-4H3,(H,37,41)(H,38,42)(H,39,40). The van der Waals surface area contributed by atoms with Crippen LogP contribution in [0.5, 0.6) is 5.75 Å². The van der Waals surface area contributed by atoms with Crippen LogP contribution in [0.3, 0.4) is 0 Å². The number of carbonyl (C=O) groups is 3. The van der Waals surface area contributed by atoms with Crippen molar-refractivity contribution in [2.45, 2.75) is 70.7 Å². The van der Waals surface area contributed by atoms with Crippen LogP contribution in [0.2, 0.25) is 0 Å². The number of amides is 2. The van der Waals surface area contributed by atoms with Crippen molar-refractivity contribution < 1.29 is 37.4 Å². The van der Waals surface area contributed by atoms with Gasteiger partial charge in [-0.15, -0.1) is 13.2 Å². The number of benzene rings is 3. The summed E-state index contributed by atoms with van der Waals surface area (Å²) in [6.45, 7) is 8.20. The van der Waals surface area contributed by atoms with Crippen molar-refractivity contribution in [3.05, 3.63) is 101 Å². The van der Waals surface area contributed by atoms with E-state index >= 15 is 0 Å². The lowest BCUT2D eigenvalue weighted by Gasteiger charge is -2.29. The molecule has 7 nitrogen and oxygen atoms in total. The van der Waals surface area contributed by atoms with Crippen molar-refractivity contribution in [3.8, 4) is 5.75 Å². The zero-order valence-corrected chi connectivity index (χ0v) is 24.6. The van der Waals surface area contributed by atoms with Crippen molar-refractivity contribution in [1.82, 2.24) is 10.6 Å². The molecular formula is C33H37F3N2O5. The van der Waals surface area contributed by atoms with Crippen LogP contribution in [-0.2, 0) is 10.2 Å². The summed E-state index contributed by atoms with van der Waals surface area (Å²) in [6.07, 6.45) is -3.67. The maximum atomic E-state index is 13.5. The third kappa shape index (κ3) is 9.87. The second-order valence-corrected chi connectivity index (χ2v) is 11.3. The Kier molecular flexibility index (Phi) is 11.0. The second-order valence-electron chi connectivity index (χ2n) is 11.3. The molecule has 0 radical (unpaired) electrons. The number of ether oxygens (including phenoxy) is 1. The highest BCUT2D eigenvalue weighted by molar-refractivity contribution is 5.95. The van der Waals surface area contributed by atoms with Crippen molar-refractivity contribution in [2.24, 2.45) is 0 Å². The molecule has 2 amide bonds. The van der Waals surface area contributed by atoms with Gasteiger partial charge in [0.15, 0.2) is 0 Å². The number of hydrogen-bond acceptors (Lipinski definition) is 4. The molecule has 0 aliphatic heterocycles. The molecule has 0 aromatic heterocycles. The summed E-state index contributed by atoms with van der Waals surface area (Å²) in [5.74, 6) is -2.43. The summed E-state index contributed by atoms with van der Waals surface area (Å²) in [6, 6.07) is 18.9. The highest BCUT2D eigenvalue weighted by atomic mass is 19.4. The normalized spacial score (nSPS) is 13.1. The topological polar surface area (TPSA) is 105 Å². The van der Waals surface area contributed by atoms with E-state index < -0.39 is 24.3 Å². The van der Waals surface area contributed by atoms with Gasteiger partial charge in [-0.3, -0.25) is 14.4 Å². The molecule has 0 heterocycles. The van der Waals surface area contributed by atoms with Crippen LogP contribution in [0.25, 0.3) is 0 Å². The van der Waals surface area contributed by atoms with Gasteiger partial charge in [0, 0.05) is 23.6 Å². The molecule has 2 atom stereocenters. The molecule has 0 aliphatic carbocycles. The van der Waals surface area contributed by atoms with E-state index in [1.54, 1.807) is 36.4 Å². The first-order valence-electron chi connectivity index (χ1n) is 14.0. The molecule has 0 saturated carbocycles. The molecule has 2 unspecified atom stereocenters. The minimum Gasteiger partial charge on any atom is -0.481 e. The predicted octanol–water partition coefficient (Wildman–Crippen LogP) is 7.14. The Morgan fingerprint density at radius 3 is 1.86 bits per heavy atom. The van der Waals surface area contributed by atoms with Gasteiger partial charge in [0.2, 0.25) is 0 Å². The molecule has 0 saturated heterocycles. The number of hydrogen-bond donors (Lipinski definition) is 3. The van der Waals surface area contributed by atoms with Crippen LogP contribution in [-0.4, -0.2) is 35.8 Å². The first kappa shape index (κ1) is 33.2. The van der Waals surface area contributed by atoms with Gasteiger partial charge in [0.05, 0.1) is 12.5 Å². The van der Waals surface area contributed by atoms with Crippen molar-refractivity contribution in [1.29, 1.82) is 0 Å². The fraction of sp³-hybridized carbons (Fsp3) is 0.364. The first-order valence-corrected chi connectivity index (χ1v) is 14.0. The van der Waals surface area contributed by atoms with Gasteiger partial charge >= 0.3 is 12.3 Å². The molecule has 0 spiro atoms. The second kappa shape index (κ2) is 14.2. The molecule has 3 aromatic carbocycles. The Balaban J connectivity index is 1.94. The fourth-order valence-corrected chi connectivity index (χ4v) is 4.74. The average Bonchev–Trinajstić information content (AvgIpc) is 2.94. The van der Waals surface area contributed by atoms with Crippen molar-refractivity contribution in [3.63, 3.8) is 0 Å². The number of nitrogens with one attached hydrogen (secondary N) is 2. The van der Waals surface area contributed by atoms with Crippen LogP contribution in [0.4, 0.5) is 13.2 Å². The molecule has 0 fully saturated rings. The van der Waals surface area contributed by atoms with Gasteiger partial charge in [-0.2, -0.15) is 0 Å². The molecule has 3 aromatic rings. The summed E-state index contributed by atoms with van der Waals surface area (Å²) >= 11 is 0. The monoisotopic (exact) mass is 598 g/mol. The van der Waals surface area contributed by atoms with E-state index in [-0.39, 0.29) is 36.0 Å². The van der Waals surface area contributed by atoms with Gasteiger partial charge in [0.1, 0.15) is 5.75 Å². The maximum Gasteiger partial charge on any atom is 0.573 e. The summed E-state index contributed by atoms with van der Waals surface area (Å²) in [5.41, 5.74) is 3.16. The SMILES string of the molecule is CCCC(c1ccc(C(=O)NCCC(=O)O)cc1)C(NC(=O)c1ccc(C(C)(C)C)cc1)c1ccc(OC(F)(F)F)cc1. The highest BCUT2D eigenvalue weighted by Crippen LogP contribution is 2.36. The highest BCUT2D eigenvalue weighted by Gasteiger charge is 2.32. The molecule has 230 valence electrons. The Bertz CT molecular complexity index is 1380. The van der Waals surface area contributed by atoms with Crippen molar-refractivity contribution >= 4 is 17.8 Å². The summed E-state index contributed by atoms with van der Waals surface area (Å²) in [7, 11) is 0. The van der Waals surface area contributed by atoms with Crippen LogP contribution in [0, 0.1) is 0 Å². The average molecular weight is 599 g/mol. The van der Waals surface area contributed by atoms with Gasteiger partial charge < -0.3 is 20.5 Å². The molecule has 43 heavy (non-hydrogen) atoms. The van der Waals surface area contributed by atoms with E-state index in [2.05, 4.69) is 36.1 Å². The number of alkyl halides is 3. The minimum atomic E-state index is -4.83. The lowest BCUT2D eigenvalue weighted by Crippen LogP contribution is -2.33. The summed E-state index contributed by atoms with van der Waals surface area (Å²) in [5, 5.41) is 14.5. The third-order valence-corrected chi connectivity index (χ3v) is 7.00. The number of aliphatic carboxylic acids is 1. The minimum absolute atomic E-state index is 0.00668. The predicted molar refractivity (Wildman–Crippen MR) is 157 cm³/mol. The lowest BCUT2D eigenvalue weighted by molar-refractivity contribution is -0.274. The van der Waals surface area contributed by atoms with E-state index in [1.807, 2.05) is 19.1 Å². The van der Waals surface area contributed by atoms with Crippen LogP contribution in [0.1, 0.15) is 96.3 Å². The molecular weight excluding hydrogens is 561 g/mol. The van der Waals surface area contributed by atoms with Crippen LogP contribution in [0.15, 0.2) is 72.8 Å². The number of carboxylic acids is 1. The Labute approximate surface area is 249 Å². The van der Waals surface area contributed by atoms with Crippen LogP contribution >= 0.6 is 0 Å². The maximum absolute atomic E-state index is 13.5. The van der Waals surface area contributed by atoms with Gasteiger partial charge in [0.25, 0.3) is 11.8 Å². The molecule has 0 bridgehead atoms. The summed E-state index contributed by atoms with van der Waals surface area (Å²) < 4.78 is 42.4. The quantitative estimate of drug-likeness (QED) is 0.206. The van der Waals surface area contributed by atoms with Gasteiger partial charge in [-0.25, -0.2) is 0 Å². The van der Waals surface area contributed by atoms with E-state index in [1.165, 1.54) is 24.3 Å². The Morgan fingerprint density at radius 1 is 0.814 bits per heavy atom. The molecule has 10 heteroatoms. The van der Waals surface area contributed by atoms with Gasteiger partial charge in [-0.05, 0) is 64.9 Å². The van der Waals surface area contributed by atoms with Gasteiger partial charge in [-0.1, -0.05) is 70.5 Å². The number of halogens is 3. The zero-order chi connectivity index (χ0) is 31.8. The van der Waals surface area contributed by atoms with E-state index in [0.29, 0.717) is 23.1 Å². The van der Waals surface area contributed by atoms with E-state index in [4.69, 9.17) is 5.11 Å². The Morgan fingerprint density at radius 2 is 1.35 bits per heavy atom. The lowest BCUT2D eigenvalue weighted by atomic mass is 9.83. The zero-order valence-electron chi connectivity index (χ0n) is 24.6. The number of carbonyl (C=O) groups excluding carboxylic acids is 2. The Hall–Kier alpha value is -4.34. The summed E-state index contributed by atoms with van der Waals surface area (Å²) in [4.78, 5) is 36.7.